The second-order valence-electron chi connectivity index (χ2n) is 5.20. The van der Waals surface area contributed by atoms with Crippen LogP contribution in [-0.2, 0) is 20.9 Å². The topological polar surface area (TPSA) is 93.5 Å². The van der Waals surface area contributed by atoms with Crippen LogP contribution < -0.4 is 10.6 Å². The Morgan fingerprint density at radius 1 is 1.43 bits per heavy atom. The van der Waals surface area contributed by atoms with E-state index in [2.05, 4.69) is 15.6 Å². The highest BCUT2D eigenvalue weighted by Gasteiger charge is 2.24. The van der Waals surface area contributed by atoms with Crippen LogP contribution in [0.5, 0.6) is 0 Å². The van der Waals surface area contributed by atoms with Crippen LogP contribution in [0.1, 0.15) is 25.5 Å². The van der Waals surface area contributed by atoms with Gasteiger partial charge in [0.1, 0.15) is 17.6 Å². The van der Waals surface area contributed by atoms with Crippen molar-refractivity contribution < 1.29 is 18.7 Å². The molecule has 2 aromatic rings. The average molecular weight is 335 g/mol. The molecule has 0 bridgehead atoms. The zero-order valence-corrected chi connectivity index (χ0v) is 13.4. The third-order valence-corrected chi connectivity index (χ3v) is 4.14. The third kappa shape index (κ3) is 3.96. The molecule has 2 aromatic heterocycles. The molecular formula is C15H17N3O4S. The third-order valence-electron chi connectivity index (χ3n) is 3.38. The van der Waals surface area contributed by atoms with E-state index in [0.717, 1.165) is 12.8 Å². The average Bonchev–Trinajstić information content (AvgIpc) is 3.25. The fraction of sp³-hybridized carbons (Fsp3) is 0.400. The van der Waals surface area contributed by atoms with Gasteiger partial charge in [-0.25, -0.2) is 4.98 Å². The summed E-state index contributed by atoms with van der Waals surface area (Å²) in [6.07, 6.45) is 1.27. The zero-order valence-electron chi connectivity index (χ0n) is 12.6. The van der Waals surface area contributed by atoms with Crippen LogP contribution in [0.4, 0.5) is 5.13 Å². The molecule has 1 unspecified atom stereocenters. The largest absolute Gasteiger partial charge is 0.458 e. The van der Waals surface area contributed by atoms with E-state index in [0.29, 0.717) is 35.5 Å². The van der Waals surface area contributed by atoms with Crippen LogP contribution in [-0.4, -0.2) is 29.5 Å². The van der Waals surface area contributed by atoms with Gasteiger partial charge in [-0.05, 0) is 25.0 Å². The van der Waals surface area contributed by atoms with Gasteiger partial charge in [0.25, 0.3) is 5.91 Å². The summed E-state index contributed by atoms with van der Waals surface area (Å²) < 4.78 is 11.0. The number of furan rings is 1. The fourth-order valence-corrected chi connectivity index (χ4v) is 2.94. The summed E-state index contributed by atoms with van der Waals surface area (Å²) in [5.74, 6) is 0.970. The van der Waals surface area contributed by atoms with Crippen molar-refractivity contribution in [3.63, 3.8) is 0 Å². The number of ether oxygens (including phenoxy) is 1. The van der Waals surface area contributed by atoms with Gasteiger partial charge < -0.3 is 14.5 Å². The minimum absolute atomic E-state index is 0.115. The molecule has 8 heteroatoms. The molecule has 3 heterocycles. The van der Waals surface area contributed by atoms with Crippen LogP contribution in [0.25, 0.3) is 11.5 Å². The van der Waals surface area contributed by atoms with E-state index in [1.54, 1.807) is 12.1 Å². The second-order valence-corrected chi connectivity index (χ2v) is 6.06. The predicted molar refractivity (Wildman–Crippen MR) is 84.9 cm³/mol. The molecule has 1 saturated heterocycles. The number of thiazole rings is 1. The lowest BCUT2D eigenvalue weighted by atomic mass is 10.2. The molecule has 23 heavy (non-hydrogen) atoms. The minimum Gasteiger partial charge on any atom is -0.458 e. The Labute approximate surface area is 137 Å². The van der Waals surface area contributed by atoms with Gasteiger partial charge in [-0.2, -0.15) is 0 Å². The molecular weight excluding hydrogens is 318 g/mol. The number of hydrogen-bond acceptors (Lipinski definition) is 6. The number of carbonyl (C=O) groups is 2. The van der Waals surface area contributed by atoms with Gasteiger partial charge in [-0.15, -0.1) is 11.3 Å². The van der Waals surface area contributed by atoms with Gasteiger partial charge in [-0.1, -0.05) is 0 Å². The van der Waals surface area contributed by atoms with Gasteiger partial charge in [0, 0.05) is 18.9 Å². The molecule has 0 spiro atoms. The monoisotopic (exact) mass is 335 g/mol. The van der Waals surface area contributed by atoms with Crippen LogP contribution in [0, 0.1) is 0 Å². The lowest BCUT2D eigenvalue weighted by molar-refractivity contribution is -0.124. The fourth-order valence-electron chi connectivity index (χ4n) is 2.24. The maximum atomic E-state index is 12.0. The first-order chi connectivity index (χ1) is 11.1. The lowest BCUT2D eigenvalue weighted by Gasteiger charge is -2.07. The highest BCUT2D eigenvalue weighted by Crippen LogP contribution is 2.27. The van der Waals surface area contributed by atoms with Crippen molar-refractivity contribution in [2.24, 2.45) is 0 Å². The number of nitrogens with one attached hydrogen (secondary N) is 2. The lowest BCUT2D eigenvalue weighted by Crippen LogP contribution is -2.26. The molecule has 7 nitrogen and oxygen atoms in total. The van der Waals surface area contributed by atoms with Gasteiger partial charge in [0.15, 0.2) is 10.9 Å². The standard InChI is InChI=1S/C15H17N3O4S/c1-9(19)16-7-10-4-5-12(22-10)11-8-23-15(17-11)18-14(20)13-3-2-6-21-13/h4-5,8,13H,2-3,6-7H2,1H3,(H,16,19)(H,17,18,20). The van der Waals surface area contributed by atoms with E-state index in [9.17, 15) is 9.59 Å². The van der Waals surface area contributed by atoms with Crippen molar-refractivity contribution in [3.05, 3.63) is 23.3 Å². The molecule has 122 valence electrons. The molecule has 0 radical (unpaired) electrons. The van der Waals surface area contributed by atoms with Crippen LogP contribution in [0.15, 0.2) is 21.9 Å². The number of hydrogen-bond donors (Lipinski definition) is 2. The Morgan fingerprint density at radius 3 is 3.04 bits per heavy atom. The van der Waals surface area contributed by atoms with E-state index in [1.807, 2.05) is 5.38 Å². The Morgan fingerprint density at radius 2 is 2.30 bits per heavy atom. The van der Waals surface area contributed by atoms with E-state index < -0.39 is 0 Å². The van der Waals surface area contributed by atoms with Crippen molar-refractivity contribution >= 4 is 28.3 Å². The van der Waals surface area contributed by atoms with Crippen LogP contribution in [0.2, 0.25) is 0 Å². The van der Waals surface area contributed by atoms with Crippen molar-refractivity contribution in [1.82, 2.24) is 10.3 Å². The summed E-state index contributed by atoms with van der Waals surface area (Å²) >= 11 is 1.33. The van der Waals surface area contributed by atoms with Crippen LogP contribution >= 0.6 is 11.3 Å². The first-order valence-corrected chi connectivity index (χ1v) is 8.21. The Hall–Kier alpha value is -2.19. The van der Waals surface area contributed by atoms with E-state index in [-0.39, 0.29) is 17.9 Å². The first-order valence-electron chi connectivity index (χ1n) is 7.33. The van der Waals surface area contributed by atoms with Gasteiger partial charge >= 0.3 is 0 Å². The summed E-state index contributed by atoms with van der Waals surface area (Å²) in [5, 5.41) is 7.76. The second kappa shape index (κ2) is 6.93. The molecule has 1 atom stereocenters. The summed E-state index contributed by atoms with van der Waals surface area (Å²) in [7, 11) is 0. The van der Waals surface area contributed by atoms with Crippen molar-refractivity contribution in [3.8, 4) is 11.5 Å². The van der Waals surface area contributed by atoms with E-state index >= 15 is 0 Å². The maximum Gasteiger partial charge on any atom is 0.255 e. The summed E-state index contributed by atoms with van der Waals surface area (Å²) in [6, 6.07) is 3.58. The van der Waals surface area contributed by atoms with E-state index in [1.165, 1.54) is 18.3 Å². The predicted octanol–water partition coefficient (Wildman–Crippen LogP) is 2.16. The van der Waals surface area contributed by atoms with E-state index in [4.69, 9.17) is 9.15 Å². The highest BCUT2D eigenvalue weighted by atomic mass is 32.1. The normalized spacial score (nSPS) is 17.2. The van der Waals surface area contributed by atoms with Crippen LogP contribution in [0.3, 0.4) is 0 Å². The summed E-state index contributed by atoms with van der Waals surface area (Å²) in [6.45, 7) is 2.42. The quantitative estimate of drug-likeness (QED) is 0.873. The molecule has 1 aliphatic rings. The van der Waals surface area contributed by atoms with Gasteiger partial charge in [0.05, 0.1) is 6.54 Å². The number of carbonyl (C=O) groups excluding carboxylic acids is 2. The summed E-state index contributed by atoms with van der Waals surface area (Å²) in [4.78, 5) is 27.2. The molecule has 1 fully saturated rings. The number of nitrogens with zero attached hydrogens (tertiary/aromatic N) is 1. The number of anilines is 1. The first kappa shape index (κ1) is 15.7. The molecule has 1 aliphatic heterocycles. The van der Waals surface area contributed by atoms with Crippen molar-refractivity contribution in [2.45, 2.75) is 32.4 Å². The molecule has 2 N–H and O–H groups in total. The molecule has 0 aromatic carbocycles. The number of rotatable bonds is 5. The molecule has 0 aliphatic carbocycles. The molecule has 0 saturated carbocycles. The Balaban J connectivity index is 1.62. The minimum atomic E-state index is -0.379. The molecule has 2 amide bonds. The van der Waals surface area contributed by atoms with Crippen molar-refractivity contribution in [2.75, 3.05) is 11.9 Å². The Kier molecular flexibility index (Phi) is 4.73. The SMILES string of the molecule is CC(=O)NCc1ccc(-c2csc(NC(=O)C3CCCO3)n2)o1. The van der Waals surface area contributed by atoms with Gasteiger partial charge in [0.2, 0.25) is 5.91 Å². The van der Waals surface area contributed by atoms with Crippen molar-refractivity contribution in [1.29, 1.82) is 0 Å². The maximum absolute atomic E-state index is 12.0. The summed E-state index contributed by atoms with van der Waals surface area (Å²) in [5.41, 5.74) is 0.645. The number of aromatic nitrogens is 1. The Bertz CT molecular complexity index is 703. The molecule has 3 rings (SSSR count). The number of amides is 2. The zero-order chi connectivity index (χ0) is 16.2. The van der Waals surface area contributed by atoms with Gasteiger partial charge in [-0.3, -0.25) is 14.9 Å². The highest BCUT2D eigenvalue weighted by molar-refractivity contribution is 7.14. The smallest absolute Gasteiger partial charge is 0.255 e.